The van der Waals surface area contributed by atoms with E-state index in [2.05, 4.69) is 0 Å². The maximum atomic E-state index is 11.2. The van der Waals surface area contributed by atoms with Crippen LogP contribution in [0.2, 0.25) is 0 Å². The highest BCUT2D eigenvalue weighted by Crippen LogP contribution is 2.29. The van der Waals surface area contributed by atoms with Crippen molar-refractivity contribution in [1.82, 2.24) is 5.06 Å². The van der Waals surface area contributed by atoms with Crippen LogP contribution in [0.4, 0.5) is 0 Å². The third kappa shape index (κ3) is 1.05. The van der Waals surface area contributed by atoms with Crippen LogP contribution in [0.3, 0.4) is 0 Å². The van der Waals surface area contributed by atoms with Crippen molar-refractivity contribution in [3.8, 4) is 0 Å². The number of carbonyl (C=O) groups excluding carboxylic acids is 1. The summed E-state index contributed by atoms with van der Waals surface area (Å²) < 4.78 is 0. The lowest BCUT2D eigenvalue weighted by molar-refractivity contribution is -0.187. The summed E-state index contributed by atoms with van der Waals surface area (Å²) in [4.78, 5) is 16.1. The van der Waals surface area contributed by atoms with Gasteiger partial charge < -0.3 is 0 Å². The van der Waals surface area contributed by atoms with Crippen LogP contribution in [-0.4, -0.2) is 23.6 Å². The minimum Gasteiger partial charge on any atom is -0.273 e. The highest BCUT2D eigenvalue weighted by molar-refractivity contribution is 5.91. The molecule has 1 aliphatic heterocycles. The average Bonchev–Trinajstić information content (AvgIpc) is 2.04. The molecule has 3 heteroatoms. The van der Waals surface area contributed by atoms with E-state index in [0.29, 0.717) is 0 Å². The summed E-state index contributed by atoms with van der Waals surface area (Å²) in [5, 5.41) is 1.38. The fraction of sp³-hybridized carbons (Fsp3) is 0.625. The van der Waals surface area contributed by atoms with E-state index >= 15 is 0 Å². The van der Waals surface area contributed by atoms with Crippen LogP contribution in [0.25, 0.3) is 0 Å². The maximum Gasteiger partial charge on any atom is 0.270 e. The summed E-state index contributed by atoms with van der Waals surface area (Å²) in [5.74, 6) is -0.0741. The summed E-state index contributed by atoms with van der Waals surface area (Å²) >= 11 is 0. The zero-order chi connectivity index (χ0) is 8.65. The Hall–Kier alpha value is -0.830. The van der Waals surface area contributed by atoms with E-state index in [-0.39, 0.29) is 11.4 Å². The summed E-state index contributed by atoms with van der Waals surface area (Å²) in [6.45, 7) is 5.83. The second-order valence-electron chi connectivity index (χ2n) is 3.20. The molecule has 11 heavy (non-hydrogen) atoms. The van der Waals surface area contributed by atoms with Gasteiger partial charge in [-0.25, -0.2) is 5.06 Å². The molecule has 0 aliphatic carbocycles. The minimum atomic E-state index is -0.286. The molecule has 0 aromatic rings. The zero-order valence-electron chi connectivity index (χ0n) is 7.34. The van der Waals surface area contributed by atoms with E-state index in [1.54, 1.807) is 6.08 Å². The van der Waals surface area contributed by atoms with Crippen molar-refractivity contribution in [2.75, 3.05) is 7.11 Å². The van der Waals surface area contributed by atoms with E-state index in [1.807, 2.05) is 20.8 Å². The number of hydroxylamine groups is 2. The van der Waals surface area contributed by atoms with Gasteiger partial charge in [0.2, 0.25) is 0 Å². The Labute approximate surface area is 66.6 Å². The van der Waals surface area contributed by atoms with Gasteiger partial charge in [-0.3, -0.25) is 9.63 Å². The SMILES string of the molecule is CON1C(=O)C=C(C)C1(C)C. The van der Waals surface area contributed by atoms with Gasteiger partial charge in [0.25, 0.3) is 5.91 Å². The lowest BCUT2D eigenvalue weighted by Gasteiger charge is -2.30. The van der Waals surface area contributed by atoms with Crippen LogP contribution >= 0.6 is 0 Å². The lowest BCUT2D eigenvalue weighted by atomic mass is 9.99. The average molecular weight is 155 g/mol. The number of carbonyl (C=O) groups is 1. The van der Waals surface area contributed by atoms with Crippen molar-refractivity contribution in [2.45, 2.75) is 26.3 Å². The van der Waals surface area contributed by atoms with Crippen molar-refractivity contribution in [3.05, 3.63) is 11.6 Å². The van der Waals surface area contributed by atoms with Crippen molar-refractivity contribution in [1.29, 1.82) is 0 Å². The Bertz CT molecular complexity index is 218. The van der Waals surface area contributed by atoms with Gasteiger partial charge in [0.15, 0.2) is 0 Å². The number of nitrogens with zero attached hydrogens (tertiary/aromatic N) is 1. The van der Waals surface area contributed by atoms with E-state index in [0.717, 1.165) is 5.57 Å². The molecule has 1 aliphatic rings. The molecule has 0 N–H and O–H groups in total. The molecule has 1 rings (SSSR count). The highest BCUT2D eigenvalue weighted by atomic mass is 16.7. The fourth-order valence-electron chi connectivity index (χ4n) is 1.17. The van der Waals surface area contributed by atoms with Gasteiger partial charge in [-0.05, 0) is 26.3 Å². The normalized spacial score (nSPS) is 22.4. The first-order valence-electron chi connectivity index (χ1n) is 3.57. The number of hydrogen-bond donors (Lipinski definition) is 0. The Kier molecular flexibility index (Phi) is 1.76. The van der Waals surface area contributed by atoms with Crippen LogP contribution in [0, 0.1) is 0 Å². The van der Waals surface area contributed by atoms with E-state index in [4.69, 9.17) is 4.84 Å². The second-order valence-corrected chi connectivity index (χ2v) is 3.20. The summed E-state index contributed by atoms with van der Waals surface area (Å²) in [6, 6.07) is 0. The maximum absolute atomic E-state index is 11.2. The molecule has 0 radical (unpaired) electrons. The molecular weight excluding hydrogens is 142 g/mol. The van der Waals surface area contributed by atoms with E-state index in [9.17, 15) is 4.79 Å². The van der Waals surface area contributed by atoms with Gasteiger partial charge in [-0.2, -0.15) is 0 Å². The molecule has 1 heterocycles. The molecule has 0 bridgehead atoms. The van der Waals surface area contributed by atoms with Gasteiger partial charge >= 0.3 is 0 Å². The van der Waals surface area contributed by atoms with Crippen molar-refractivity contribution in [3.63, 3.8) is 0 Å². The first kappa shape index (κ1) is 8.27. The molecular formula is C8H13NO2. The predicted octanol–water partition coefficient (Wildman–Crippen LogP) is 1.11. The largest absolute Gasteiger partial charge is 0.273 e. The van der Waals surface area contributed by atoms with Crippen molar-refractivity contribution in [2.24, 2.45) is 0 Å². The molecule has 0 spiro atoms. The van der Waals surface area contributed by atoms with Crippen molar-refractivity contribution >= 4 is 5.91 Å². The van der Waals surface area contributed by atoms with E-state index in [1.165, 1.54) is 12.2 Å². The first-order valence-corrected chi connectivity index (χ1v) is 3.57. The number of hydrogen-bond acceptors (Lipinski definition) is 2. The van der Waals surface area contributed by atoms with Gasteiger partial charge in [0.1, 0.15) is 0 Å². The summed E-state index contributed by atoms with van der Waals surface area (Å²) in [7, 11) is 1.51. The molecule has 0 fully saturated rings. The molecule has 0 saturated carbocycles. The second kappa shape index (κ2) is 2.34. The van der Waals surface area contributed by atoms with Gasteiger partial charge in [-0.15, -0.1) is 0 Å². The van der Waals surface area contributed by atoms with E-state index < -0.39 is 0 Å². The smallest absolute Gasteiger partial charge is 0.270 e. The molecule has 0 unspecified atom stereocenters. The quantitative estimate of drug-likeness (QED) is 0.567. The van der Waals surface area contributed by atoms with Crippen LogP contribution in [0.5, 0.6) is 0 Å². The Morgan fingerprint density at radius 3 is 2.27 bits per heavy atom. The first-order chi connectivity index (χ1) is 5.00. The molecule has 0 saturated heterocycles. The molecule has 0 atom stereocenters. The minimum absolute atomic E-state index is 0.0741. The molecule has 62 valence electrons. The summed E-state index contributed by atoms with van der Waals surface area (Å²) in [5.41, 5.74) is 0.746. The van der Waals surface area contributed by atoms with Gasteiger partial charge in [0.05, 0.1) is 12.6 Å². The molecule has 1 amide bonds. The van der Waals surface area contributed by atoms with Crippen LogP contribution in [0.15, 0.2) is 11.6 Å². The Balaban J connectivity index is 2.96. The topological polar surface area (TPSA) is 29.5 Å². The third-order valence-electron chi connectivity index (χ3n) is 2.20. The number of rotatable bonds is 1. The lowest BCUT2D eigenvalue weighted by Crippen LogP contribution is -2.42. The summed E-state index contributed by atoms with van der Waals surface area (Å²) in [6.07, 6.45) is 1.60. The third-order valence-corrected chi connectivity index (χ3v) is 2.20. The highest BCUT2D eigenvalue weighted by Gasteiger charge is 2.38. The molecule has 0 aromatic heterocycles. The fourth-order valence-corrected chi connectivity index (χ4v) is 1.17. The van der Waals surface area contributed by atoms with Gasteiger partial charge in [-0.1, -0.05) is 0 Å². The van der Waals surface area contributed by atoms with Crippen molar-refractivity contribution < 1.29 is 9.63 Å². The van der Waals surface area contributed by atoms with Crippen LogP contribution in [0.1, 0.15) is 20.8 Å². The Morgan fingerprint density at radius 1 is 1.55 bits per heavy atom. The zero-order valence-corrected chi connectivity index (χ0v) is 7.34. The van der Waals surface area contributed by atoms with Crippen LogP contribution in [-0.2, 0) is 9.63 Å². The number of amides is 1. The molecule has 3 nitrogen and oxygen atoms in total. The van der Waals surface area contributed by atoms with Crippen LogP contribution < -0.4 is 0 Å². The standard InChI is InChI=1S/C8H13NO2/c1-6-5-7(10)9(11-4)8(6,2)3/h5H,1-4H3. The monoisotopic (exact) mass is 155 g/mol. The molecule has 0 aromatic carbocycles. The Morgan fingerprint density at radius 2 is 2.09 bits per heavy atom. The predicted molar refractivity (Wildman–Crippen MR) is 41.7 cm³/mol. The van der Waals surface area contributed by atoms with Gasteiger partial charge in [0, 0.05) is 6.08 Å².